The Kier molecular flexibility index (Phi) is 4.30. The van der Waals surface area contributed by atoms with E-state index in [4.69, 9.17) is 4.74 Å². The molecular weight excluding hydrogens is 192 g/mol. The summed E-state index contributed by atoms with van der Waals surface area (Å²) in [7, 11) is 0. The van der Waals surface area contributed by atoms with Gasteiger partial charge in [-0.3, -0.25) is 9.59 Å². The van der Waals surface area contributed by atoms with E-state index in [0.29, 0.717) is 31.3 Å². The maximum absolute atomic E-state index is 11.6. The van der Waals surface area contributed by atoms with Gasteiger partial charge in [-0.1, -0.05) is 13.8 Å². The van der Waals surface area contributed by atoms with E-state index in [1.807, 2.05) is 0 Å². The average Bonchev–Trinajstić information content (AvgIpc) is 2.18. The van der Waals surface area contributed by atoms with Gasteiger partial charge in [0, 0.05) is 6.42 Å². The summed E-state index contributed by atoms with van der Waals surface area (Å²) in [6, 6.07) is 0. The predicted molar refractivity (Wildman–Crippen MR) is 57.3 cm³/mol. The van der Waals surface area contributed by atoms with Gasteiger partial charge in [-0.25, -0.2) is 0 Å². The van der Waals surface area contributed by atoms with E-state index in [2.05, 4.69) is 13.8 Å². The summed E-state index contributed by atoms with van der Waals surface area (Å²) in [6.45, 7) is 6.41. The van der Waals surface area contributed by atoms with E-state index in [-0.39, 0.29) is 11.8 Å². The lowest BCUT2D eigenvalue weighted by Crippen LogP contribution is -2.34. The van der Waals surface area contributed by atoms with Gasteiger partial charge in [0.25, 0.3) is 0 Å². The number of carbonyl (C=O) groups is 2. The number of ether oxygens (including phenoxy) is 1. The summed E-state index contributed by atoms with van der Waals surface area (Å²) < 4.78 is 4.92. The van der Waals surface area contributed by atoms with Crippen molar-refractivity contribution in [2.75, 3.05) is 6.61 Å². The largest absolute Gasteiger partial charge is 0.465 e. The second-order valence-electron chi connectivity index (χ2n) is 4.55. The summed E-state index contributed by atoms with van der Waals surface area (Å²) in [5.41, 5.74) is 0. The smallest absolute Gasteiger partial charge is 0.316 e. The van der Waals surface area contributed by atoms with Crippen LogP contribution in [-0.4, -0.2) is 18.4 Å². The Balaban J connectivity index is 2.61. The van der Waals surface area contributed by atoms with Crippen molar-refractivity contribution in [1.29, 1.82) is 0 Å². The molecule has 3 heteroatoms. The molecule has 3 nitrogen and oxygen atoms in total. The first-order valence-corrected chi connectivity index (χ1v) is 5.75. The molecule has 0 N–H and O–H groups in total. The number of Topliss-reactive ketones (excluding diaryl/α,β-unsaturated/α-hetero) is 1. The Morgan fingerprint density at radius 1 is 1.53 bits per heavy atom. The van der Waals surface area contributed by atoms with Crippen LogP contribution in [0.15, 0.2) is 0 Å². The van der Waals surface area contributed by atoms with Crippen molar-refractivity contribution in [2.24, 2.45) is 17.8 Å². The fourth-order valence-electron chi connectivity index (χ4n) is 2.13. The molecule has 0 bridgehead atoms. The molecule has 0 aliphatic heterocycles. The third-order valence-electron chi connectivity index (χ3n) is 3.20. The molecular formula is C12H20O3. The Labute approximate surface area is 91.2 Å². The molecule has 0 radical (unpaired) electrons. The van der Waals surface area contributed by atoms with E-state index in [1.165, 1.54) is 0 Å². The molecule has 1 aliphatic carbocycles. The highest BCUT2D eigenvalue weighted by Gasteiger charge is 2.35. The number of ketones is 1. The summed E-state index contributed by atoms with van der Waals surface area (Å²) >= 11 is 0. The maximum atomic E-state index is 11.6. The van der Waals surface area contributed by atoms with Gasteiger partial charge in [0.15, 0.2) is 0 Å². The summed E-state index contributed by atoms with van der Waals surface area (Å²) in [5.74, 6) is 0.261. The van der Waals surface area contributed by atoms with E-state index in [9.17, 15) is 9.59 Å². The molecule has 0 aromatic heterocycles. The third-order valence-corrected chi connectivity index (χ3v) is 3.20. The zero-order valence-electron chi connectivity index (χ0n) is 9.79. The van der Waals surface area contributed by atoms with Crippen molar-refractivity contribution in [3.63, 3.8) is 0 Å². The number of hydrogen-bond donors (Lipinski definition) is 0. The molecule has 2 atom stereocenters. The topological polar surface area (TPSA) is 43.4 Å². The zero-order valence-corrected chi connectivity index (χ0v) is 9.79. The highest BCUT2D eigenvalue weighted by molar-refractivity contribution is 5.99. The van der Waals surface area contributed by atoms with Crippen LogP contribution in [0.3, 0.4) is 0 Å². The lowest BCUT2D eigenvalue weighted by Gasteiger charge is -2.29. The van der Waals surface area contributed by atoms with Gasteiger partial charge < -0.3 is 4.74 Å². The summed E-state index contributed by atoms with van der Waals surface area (Å²) in [5, 5.41) is 0. The van der Waals surface area contributed by atoms with Gasteiger partial charge in [-0.05, 0) is 31.6 Å². The number of hydrogen-bond acceptors (Lipinski definition) is 3. The highest BCUT2D eigenvalue weighted by atomic mass is 16.5. The molecule has 86 valence electrons. The van der Waals surface area contributed by atoms with E-state index >= 15 is 0 Å². The molecule has 0 heterocycles. The summed E-state index contributed by atoms with van der Waals surface area (Å²) in [6.07, 6.45) is 2.13. The van der Waals surface area contributed by atoms with Crippen molar-refractivity contribution < 1.29 is 14.3 Å². The molecule has 1 fully saturated rings. The van der Waals surface area contributed by atoms with Gasteiger partial charge in [-0.2, -0.15) is 0 Å². The number of esters is 1. The molecule has 0 aromatic carbocycles. The molecule has 0 spiro atoms. The van der Waals surface area contributed by atoms with Crippen LogP contribution in [0.4, 0.5) is 0 Å². The molecule has 1 rings (SSSR count). The first kappa shape index (κ1) is 12.2. The van der Waals surface area contributed by atoms with Crippen molar-refractivity contribution in [3.8, 4) is 0 Å². The quantitative estimate of drug-likeness (QED) is 0.532. The normalized spacial score (nSPS) is 26.8. The van der Waals surface area contributed by atoms with E-state index < -0.39 is 5.92 Å². The van der Waals surface area contributed by atoms with E-state index in [1.54, 1.807) is 6.92 Å². The lowest BCUT2D eigenvalue weighted by molar-refractivity contribution is -0.153. The highest BCUT2D eigenvalue weighted by Crippen LogP contribution is 2.32. The van der Waals surface area contributed by atoms with Gasteiger partial charge in [-0.15, -0.1) is 0 Å². The minimum atomic E-state index is -0.494. The zero-order chi connectivity index (χ0) is 11.4. The van der Waals surface area contributed by atoms with Crippen LogP contribution in [0.25, 0.3) is 0 Å². The monoisotopic (exact) mass is 212 g/mol. The standard InChI is InChI=1S/C12H20O3/c1-4-15-12(14)10-7-9(8(2)3)5-6-11(10)13/h8-10H,4-7H2,1-3H3/t9-,10+/m0/s1. The first-order valence-electron chi connectivity index (χ1n) is 5.75. The van der Waals surface area contributed by atoms with Crippen LogP contribution in [0.5, 0.6) is 0 Å². The molecule has 1 saturated carbocycles. The lowest BCUT2D eigenvalue weighted by atomic mass is 9.75. The Morgan fingerprint density at radius 2 is 2.20 bits per heavy atom. The molecule has 0 unspecified atom stereocenters. The van der Waals surface area contributed by atoms with Gasteiger partial charge in [0.2, 0.25) is 0 Å². The molecule has 0 aromatic rings. The van der Waals surface area contributed by atoms with E-state index in [0.717, 1.165) is 6.42 Å². The Bertz CT molecular complexity index is 245. The fraction of sp³-hybridized carbons (Fsp3) is 0.833. The molecule has 0 amide bonds. The number of carbonyl (C=O) groups excluding carboxylic acids is 2. The number of rotatable bonds is 3. The van der Waals surface area contributed by atoms with Gasteiger partial charge in [0.05, 0.1) is 6.61 Å². The van der Waals surface area contributed by atoms with Crippen LogP contribution in [-0.2, 0) is 14.3 Å². The second kappa shape index (κ2) is 5.29. The first-order chi connectivity index (χ1) is 7.06. The van der Waals surface area contributed by atoms with Crippen LogP contribution in [0, 0.1) is 17.8 Å². The molecule has 1 aliphatic rings. The fourth-order valence-corrected chi connectivity index (χ4v) is 2.13. The van der Waals surface area contributed by atoms with Crippen molar-refractivity contribution in [3.05, 3.63) is 0 Å². The molecule has 15 heavy (non-hydrogen) atoms. The van der Waals surface area contributed by atoms with Crippen molar-refractivity contribution in [2.45, 2.75) is 40.0 Å². The van der Waals surface area contributed by atoms with Crippen LogP contribution in [0.2, 0.25) is 0 Å². The van der Waals surface area contributed by atoms with Gasteiger partial charge in [0.1, 0.15) is 11.7 Å². The van der Waals surface area contributed by atoms with Crippen molar-refractivity contribution >= 4 is 11.8 Å². The maximum Gasteiger partial charge on any atom is 0.316 e. The van der Waals surface area contributed by atoms with Crippen LogP contribution >= 0.6 is 0 Å². The SMILES string of the molecule is CCOC(=O)[C@@H]1C[C@@H](C(C)C)CCC1=O. The molecule has 0 saturated heterocycles. The predicted octanol–water partition coefficient (Wildman–Crippen LogP) is 2.19. The second-order valence-corrected chi connectivity index (χ2v) is 4.55. The van der Waals surface area contributed by atoms with Crippen molar-refractivity contribution in [1.82, 2.24) is 0 Å². The van der Waals surface area contributed by atoms with Crippen LogP contribution in [0.1, 0.15) is 40.0 Å². The van der Waals surface area contributed by atoms with Gasteiger partial charge >= 0.3 is 5.97 Å². The summed E-state index contributed by atoms with van der Waals surface area (Å²) in [4.78, 5) is 23.1. The Hall–Kier alpha value is -0.860. The third kappa shape index (κ3) is 3.05. The van der Waals surface area contributed by atoms with Crippen LogP contribution < -0.4 is 0 Å². The minimum absolute atomic E-state index is 0.0605. The average molecular weight is 212 g/mol. The minimum Gasteiger partial charge on any atom is -0.465 e. The Morgan fingerprint density at radius 3 is 2.73 bits per heavy atom.